The van der Waals surface area contributed by atoms with E-state index in [0.29, 0.717) is 32.2 Å². The highest BCUT2D eigenvalue weighted by Crippen LogP contribution is 2.31. The number of hydrogen-bond acceptors (Lipinski definition) is 6. The average Bonchev–Trinajstić information content (AvgIpc) is 3.04. The Morgan fingerprint density at radius 2 is 2.13 bits per heavy atom. The fraction of sp³-hybridized carbons (Fsp3) is 0.636. The van der Waals surface area contributed by atoms with Crippen LogP contribution in [0.5, 0.6) is 0 Å². The summed E-state index contributed by atoms with van der Waals surface area (Å²) in [5.74, 6) is 0.175. The molecule has 1 atom stereocenters. The molecule has 0 radical (unpaired) electrons. The van der Waals surface area contributed by atoms with Gasteiger partial charge < -0.3 is 29.2 Å². The van der Waals surface area contributed by atoms with Gasteiger partial charge in [0.2, 0.25) is 5.91 Å². The maximum atomic E-state index is 12.7. The van der Waals surface area contributed by atoms with Gasteiger partial charge in [0, 0.05) is 43.3 Å². The van der Waals surface area contributed by atoms with Gasteiger partial charge in [-0.15, -0.1) is 0 Å². The van der Waals surface area contributed by atoms with Crippen LogP contribution in [-0.4, -0.2) is 79.0 Å². The van der Waals surface area contributed by atoms with Crippen molar-refractivity contribution in [3.63, 3.8) is 0 Å². The molecule has 2 saturated heterocycles. The van der Waals surface area contributed by atoms with Crippen LogP contribution in [0.3, 0.4) is 0 Å². The van der Waals surface area contributed by atoms with Crippen molar-refractivity contribution in [2.24, 2.45) is 0 Å². The summed E-state index contributed by atoms with van der Waals surface area (Å²) in [7, 11) is 0. The fourth-order valence-corrected chi connectivity index (χ4v) is 4.59. The lowest BCUT2D eigenvalue weighted by Gasteiger charge is -2.30. The summed E-state index contributed by atoms with van der Waals surface area (Å²) < 4.78 is 13.4. The predicted molar refractivity (Wildman–Crippen MR) is 115 cm³/mol. The van der Waals surface area contributed by atoms with E-state index in [1.165, 1.54) is 23.1 Å². The van der Waals surface area contributed by atoms with Crippen molar-refractivity contribution >= 4 is 22.6 Å². The molecule has 162 valence electrons. The maximum absolute atomic E-state index is 12.7. The van der Waals surface area contributed by atoms with Gasteiger partial charge >= 0.3 is 0 Å². The molecule has 0 spiro atoms. The van der Waals surface area contributed by atoms with Gasteiger partial charge in [-0.25, -0.2) is 4.98 Å². The number of rotatable bonds is 6. The van der Waals surface area contributed by atoms with Crippen LogP contribution in [0.2, 0.25) is 0 Å². The summed E-state index contributed by atoms with van der Waals surface area (Å²) in [5, 5.41) is 4.51. The van der Waals surface area contributed by atoms with Crippen molar-refractivity contribution in [1.82, 2.24) is 19.8 Å². The number of amides is 1. The molecule has 8 nitrogen and oxygen atoms in total. The number of aromatic nitrogens is 2. The van der Waals surface area contributed by atoms with Gasteiger partial charge in [0.25, 0.3) is 0 Å². The van der Waals surface area contributed by atoms with E-state index in [4.69, 9.17) is 14.5 Å². The number of carbonyl (C=O) groups is 1. The van der Waals surface area contributed by atoms with E-state index < -0.39 is 0 Å². The molecule has 2 fully saturated rings. The largest absolute Gasteiger partial charge is 0.379 e. The maximum Gasteiger partial charge on any atom is 0.225 e. The molecule has 0 aliphatic carbocycles. The number of anilines is 1. The Morgan fingerprint density at radius 3 is 2.90 bits per heavy atom. The Bertz CT molecular complexity index is 917. The summed E-state index contributed by atoms with van der Waals surface area (Å²) in [5.41, 5.74) is 4.62. The lowest BCUT2D eigenvalue weighted by molar-refractivity contribution is -0.133. The lowest BCUT2D eigenvalue weighted by atomic mass is 10.1. The van der Waals surface area contributed by atoms with Crippen molar-refractivity contribution < 1.29 is 14.3 Å². The third-order valence-corrected chi connectivity index (χ3v) is 6.64. The van der Waals surface area contributed by atoms with Gasteiger partial charge in [-0.05, 0) is 31.5 Å². The molecule has 1 unspecified atom stereocenters. The highest BCUT2D eigenvalue weighted by molar-refractivity contribution is 5.86. The Kier molecular flexibility index (Phi) is 5.62. The smallest absolute Gasteiger partial charge is 0.225 e. The second kappa shape index (κ2) is 8.53. The highest BCUT2D eigenvalue weighted by Gasteiger charge is 2.26. The second-order valence-corrected chi connectivity index (χ2v) is 8.47. The van der Waals surface area contributed by atoms with E-state index in [9.17, 15) is 4.79 Å². The zero-order chi connectivity index (χ0) is 20.5. The van der Waals surface area contributed by atoms with Crippen molar-refractivity contribution in [2.45, 2.75) is 38.9 Å². The topological polar surface area (TPSA) is 71.9 Å². The minimum absolute atomic E-state index is 0.175. The molecular weight excluding hydrogens is 382 g/mol. The lowest BCUT2D eigenvalue weighted by Crippen LogP contribution is -2.46. The molecule has 0 bridgehead atoms. The van der Waals surface area contributed by atoms with Crippen molar-refractivity contribution in [3.05, 3.63) is 23.5 Å². The molecule has 5 heterocycles. The summed E-state index contributed by atoms with van der Waals surface area (Å²) in [6, 6.07) is 2.73. The van der Waals surface area contributed by atoms with E-state index in [1.807, 2.05) is 11.1 Å². The van der Waals surface area contributed by atoms with Gasteiger partial charge in [0.05, 0.1) is 51.3 Å². The molecule has 5 rings (SSSR count). The number of aryl methyl sites for hydroxylation is 1. The molecule has 0 aromatic carbocycles. The third-order valence-electron chi connectivity index (χ3n) is 6.64. The molecule has 3 aliphatic heterocycles. The second-order valence-electron chi connectivity index (χ2n) is 8.47. The van der Waals surface area contributed by atoms with Crippen molar-refractivity contribution in [1.29, 1.82) is 0 Å². The Hall–Kier alpha value is -2.16. The van der Waals surface area contributed by atoms with Crippen LogP contribution in [0, 0.1) is 6.92 Å². The number of nitrogens with zero attached hydrogens (tertiary/aromatic N) is 4. The molecule has 2 aromatic rings. The van der Waals surface area contributed by atoms with Gasteiger partial charge in [0.1, 0.15) is 5.65 Å². The molecule has 3 aliphatic rings. The normalized spacial score (nSPS) is 21.6. The Balaban J connectivity index is 1.26. The van der Waals surface area contributed by atoms with E-state index >= 15 is 0 Å². The van der Waals surface area contributed by atoms with Crippen LogP contribution in [-0.2, 0) is 27.4 Å². The summed E-state index contributed by atoms with van der Waals surface area (Å²) >= 11 is 0. The zero-order valence-electron chi connectivity index (χ0n) is 17.7. The molecule has 1 amide bonds. The first-order valence-electron chi connectivity index (χ1n) is 11.1. The minimum atomic E-state index is 0.175. The van der Waals surface area contributed by atoms with Crippen LogP contribution < -0.4 is 10.2 Å². The van der Waals surface area contributed by atoms with E-state index in [2.05, 4.69) is 27.8 Å². The first-order valence-corrected chi connectivity index (χ1v) is 11.1. The number of pyridine rings is 1. The SMILES string of the molecule is Cc1c2n(c3ncc(N4CCOCC4)cc13)CCN(C(=O)CCOCC1CCN1)C2. The molecule has 30 heavy (non-hydrogen) atoms. The van der Waals surface area contributed by atoms with Crippen LogP contribution in [0.4, 0.5) is 5.69 Å². The average molecular weight is 414 g/mol. The fourth-order valence-electron chi connectivity index (χ4n) is 4.59. The van der Waals surface area contributed by atoms with Crippen LogP contribution in [0.15, 0.2) is 12.3 Å². The Labute approximate surface area is 177 Å². The van der Waals surface area contributed by atoms with Crippen LogP contribution in [0.25, 0.3) is 11.0 Å². The minimum Gasteiger partial charge on any atom is -0.379 e. The number of fused-ring (bicyclic) bond motifs is 3. The quantitative estimate of drug-likeness (QED) is 0.720. The monoisotopic (exact) mass is 413 g/mol. The Morgan fingerprint density at radius 1 is 1.30 bits per heavy atom. The summed E-state index contributed by atoms with van der Waals surface area (Å²) in [6.07, 6.45) is 3.60. The van der Waals surface area contributed by atoms with Gasteiger partial charge in [-0.3, -0.25) is 4.79 Å². The predicted octanol–water partition coefficient (Wildman–Crippen LogP) is 1.29. The number of nitrogens with one attached hydrogen (secondary N) is 1. The summed E-state index contributed by atoms with van der Waals surface area (Å²) in [4.78, 5) is 21.8. The number of morpholine rings is 1. The van der Waals surface area contributed by atoms with E-state index in [-0.39, 0.29) is 5.91 Å². The zero-order valence-corrected chi connectivity index (χ0v) is 17.7. The first kappa shape index (κ1) is 19.8. The van der Waals surface area contributed by atoms with Crippen LogP contribution in [0.1, 0.15) is 24.1 Å². The van der Waals surface area contributed by atoms with E-state index in [0.717, 1.165) is 57.3 Å². The molecule has 1 N–H and O–H groups in total. The molecule has 8 heteroatoms. The number of carbonyl (C=O) groups excluding carboxylic acids is 1. The van der Waals surface area contributed by atoms with Gasteiger partial charge in [0.15, 0.2) is 0 Å². The van der Waals surface area contributed by atoms with Gasteiger partial charge in [-0.1, -0.05) is 0 Å². The van der Waals surface area contributed by atoms with Crippen molar-refractivity contribution in [3.8, 4) is 0 Å². The number of ether oxygens (including phenoxy) is 2. The highest BCUT2D eigenvalue weighted by atomic mass is 16.5. The van der Waals surface area contributed by atoms with Crippen molar-refractivity contribution in [2.75, 3.05) is 57.5 Å². The number of hydrogen-bond donors (Lipinski definition) is 1. The van der Waals surface area contributed by atoms with Gasteiger partial charge in [-0.2, -0.15) is 0 Å². The van der Waals surface area contributed by atoms with Crippen LogP contribution >= 0.6 is 0 Å². The molecule has 2 aromatic heterocycles. The molecular formula is C22H31N5O3. The van der Waals surface area contributed by atoms with E-state index in [1.54, 1.807) is 0 Å². The molecule has 0 saturated carbocycles. The standard InChI is InChI=1S/C22H31N5O3/c1-16-19-12-18(25-7-10-29-11-8-25)13-24-22(19)27-6-5-26(14-20(16)27)21(28)3-9-30-15-17-2-4-23-17/h12-13,17,23H,2-11,14-15H2,1H3. The summed E-state index contributed by atoms with van der Waals surface area (Å²) in [6.45, 7) is 9.95. The first-order chi connectivity index (χ1) is 14.7. The third kappa shape index (κ3) is 3.79.